The molecule has 2 heterocycles. The van der Waals surface area contributed by atoms with Crippen LogP contribution in [0.1, 0.15) is 22.3 Å². The lowest BCUT2D eigenvalue weighted by Crippen LogP contribution is -2.35. The molecule has 0 bridgehead atoms. The van der Waals surface area contributed by atoms with Crippen molar-refractivity contribution in [2.75, 3.05) is 31.6 Å². The predicted octanol–water partition coefficient (Wildman–Crippen LogP) is 1.20. The van der Waals surface area contributed by atoms with Gasteiger partial charge in [0.25, 0.3) is 0 Å². The van der Waals surface area contributed by atoms with Crippen molar-refractivity contribution in [3.8, 4) is 0 Å². The number of nitrogens with zero attached hydrogens (tertiary/aromatic N) is 1. The van der Waals surface area contributed by atoms with Crippen molar-refractivity contribution >= 4 is 11.7 Å². The van der Waals surface area contributed by atoms with Gasteiger partial charge in [-0.2, -0.15) is 0 Å². The molecule has 0 spiro atoms. The Morgan fingerprint density at radius 3 is 3.11 bits per heavy atom. The van der Waals surface area contributed by atoms with Crippen LogP contribution in [0.15, 0.2) is 18.2 Å². The van der Waals surface area contributed by atoms with E-state index in [4.69, 9.17) is 4.74 Å². The van der Waals surface area contributed by atoms with Gasteiger partial charge in [0.2, 0.25) is 0 Å². The highest BCUT2D eigenvalue weighted by molar-refractivity contribution is 5.91. The highest BCUT2D eigenvalue weighted by Gasteiger charge is 2.28. The number of carbonyl (C=O) groups is 1. The van der Waals surface area contributed by atoms with Crippen LogP contribution < -0.4 is 10.2 Å². The van der Waals surface area contributed by atoms with Crippen molar-refractivity contribution in [1.29, 1.82) is 0 Å². The van der Waals surface area contributed by atoms with Crippen molar-refractivity contribution in [3.63, 3.8) is 0 Å². The maximum absolute atomic E-state index is 11.6. The number of esters is 1. The minimum absolute atomic E-state index is 0.255. The molecule has 1 aromatic carbocycles. The number of ether oxygens (including phenoxy) is 1. The normalized spacial score (nSPS) is 22.1. The minimum atomic E-state index is -0.255. The van der Waals surface area contributed by atoms with Gasteiger partial charge in [-0.05, 0) is 37.1 Å². The Hall–Kier alpha value is -1.55. The summed E-state index contributed by atoms with van der Waals surface area (Å²) in [6, 6.07) is 6.47. The quantitative estimate of drug-likeness (QED) is 0.796. The highest BCUT2D eigenvalue weighted by Crippen LogP contribution is 2.32. The fourth-order valence-corrected chi connectivity index (χ4v) is 2.93. The molecule has 4 nitrogen and oxygen atoms in total. The fourth-order valence-electron chi connectivity index (χ4n) is 2.93. The molecule has 2 aliphatic rings. The summed E-state index contributed by atoms with van der Waals surface area (Å²) >= 11 is 0. The molecule has 96 valence electrons. The molecule has 1 aromatic rings. The number of hydrogen-bond acceptors (Lipinski definition) is 4. The summed E-state index contributed by atoms with van der Waals surface area (Å²) in [5, 5.41) is 3.40. The number of anilines is 1. The first-order valence-electron chi connectivity index (χ1n) is 6.48. The first-order valence-corrected chi connectivity index (χ1v) is 6.48. The molecule has 1 atom stereocenters. The van der Waals surface area contributed by atoms with Crippen molar-refractivity contribution in [3.05, 3.63) is 29.3 Å². The van der Waals surface area contributed by atoms with E-state index in [1.807, 2.05) is 12.1 Å². The summed E-state index contributed by atoms with van der Waals surface area (Å²) in [7, 11) is 1.42. The monoisotopic (exact) mass is 246 g/mol. The predicted molar refractivity (Wildman–Crippen MR) is 70.1 cm³/mol. The van der Waals surface area contributed by atoms with Crippen molar-refractivity contribution in [2.24, 2.45) is 0 Å². The van der Waals surface area contributed by atoms with Crippen LogP contribution in [0.25, 0.3) is 0 Å². The lowest BCUT2D eigenvalue weighted by molar-refractivity contribution is 0.0601. The number of nitrogens with one attached hydrogen (secondary N) is 1. The Kier molecular flexibility index (Phi) is 2.96. The third-order valence-electron chi connectivity index (χ3n) is 3.91. The van der Waals surface area contributed by atoms with Gasteiger partial charge in [-0.15, -0.1) is 0 Å². The molecule has 18 heavy (non-hydrogen) atoms. The Morgan fingerprint density at radius 2 is 2.39 bits per heavy atom. The van der Waals surface area contributed by atoms with Gasteiger partial charge in [0.15, 0.2) is 0 Å². The van der Waals surface area contributed by atoms with Crippen LogP contribution >= 0.6 is 0 Å². The minimum Gasteiger partial charge on any atom is -0.465 e. The number of rotatable bonds is 2. The van der Waals surface area contributed by atoms with E-state index in [9.17, 15) is 4.79 Å². The SMILES string of the molecule is COC(=O)c1ccc2c(c1)N(C1CCNC1)CC2. The van der Waals surface area contributed by atoms with E-state index in [0.29, 0.717) is 11.6 Å². The van der Waals surface area contributed by atoms with E-state index in [0.717, 1.165) is 26.1 Å². The molecule has 1 saturated heterocycles. The molecule has 3 rings (SSSR count). The molecule has 1 N–H and O–H groups in total. The van der Waals surface area contributed by atoms with E-state index in [1.54, 1.807) is 0 Å². The molecule has 0 saturated carbocycles. The summed E-state index contributed by atoms with van der Waals surface area (Å²) in [6.07, 6.45) is 2.26. The topological polar surface area (TPSA) is 41.6 Å². The van der Waals surface area contributed by atoms with Gasteiger partial charge >= 0.3 is 5.97 Å². The van der Waals surface area contributed by atoms with Crippen LogP contribution in [0.4, 0.5) is 5.69 Å². The number of benzene rings is 1. The molecule has 0 aliphatic carbocycles. The van der Waals surface area contributed by atoms with Crippen LogP contribution in [-0.4, -0.2) is 38.8 Å². The van der Waals surface area contributed by atoms with Gasteiger partial charge in [-0.1, -0.05) is 6.07 Å². The smallest absolute Gasteiger partial charge is 0.337 e. The summed E-state index contributed by atoms with van der Waals surface area (Å²) in [5.74, 6) is -0.255. The van der Waals surface area contributed by atoms with E-state index < -0.39 is 0 Å². The Bertz CT molecular complexity index is 467. The molecule has 1 unspecified atom stereocenters. The van der Waals surface area contributed by atoms with Crippen LogP contribution in [0.5, 0.6) is 0 Å². The fraction of sp³-hybridized carbons (Fsp3) is 0.500. The Morgan fingerprint density at radius 1 is 1.50 bits per heavy atom. The zero-order chi connectivity index (χ0) is 12.5. The number of fused-ring (bicyclic) bond motifs is 1. The van der Waals surface area contributed by atoms with Gasteiger partial charge in [-0.25, -0.2) is 4.79 Å². The third-order valence-corrected chi connectivity index (χ3v) is 3.91. The maximum atomic E-state index is 11.6. The van der Waals surface area contributed by atoms with E-state index in [-0.39, 0.29) is 5.97 Å². The Labute approximate surface area is 107 Å². The average molecular weight is 246 g/mol. The molecule has 0 radical (unpaired) electrons. The van der Waals surface area contributed by atoms with E-state index in [2.05, 4.69) is 16.3 Å². The van der Waals surface area contributed by atoms with Gasteiger partial charge in [0, 0.05) is 24.8 Å². The first kappa shape index (κ1) is 11.5. The second-order valence-electron chi connectivity index (χ2n) is 4.93. The highest BCUT2D eigenvalue weighted by atomic mass is 16.5. The number of methoxy groups -OCH3 is 1. The number of carbonyl (C=O) groups excluding carboxylic acids is 1. The van der Waals surface area contributed by atoms with Gasteiger partial charge in [0.05, 0.1) is 12.7 Å². The Balaban J connectivity index is 1.91. The molecule has 0 amide bonds. The summed E-state index contributed by atoms with van der Waals surface area (Å²) in [4.78, 5) is 14.0. The first-order chi connectivity index (χ1) is 8.79. The van der Waals surface area contributed by atoms with Gasteiger partial charge in [0.1, 0.15) is 0 Å². The molecule has 4 heteroatoms. The second kappa shape index (κ2) is 4.61. The van der Waals surface area contributed by atoms with Gasteiger partial charge < -0.3 is 15.0 Å². The van der Waals surface area contributed by atoms with E-state index in [1.165, 1.54) is 24.8 Å². The van der Waals surface area contributed by atoms with Crippen molar-refractivity contribution in [1.82, 2.24) is 5.32 Å². The molecule has 2 aliphatic heterocycles. The largest absolute Gasteiger partial charge is 0.465 e. The summed E-state index contributed by atoms with van der Waals surface area (Å²) in [6.45, 7) is 3.20. The lowest BCUT2D eigenvalue weighted by atomic mass is 10.1. The van der Waals surface area contributed by atoms with Crippen LogP contribution in [0.3, 0.4) is 0 Å². The third kappa shape index (κ3) is 1.86. The lowest BCUT2D eigenvalue weighted by Gasteiger charge is -2.26. The molecule has 0 aromatic heterocycles. The maximum Gasteiger partial charge on any atom is 0.337 e. The van der Waals surface area contributed by atoms with Crippen LogP contribution in [0, 0.1) is 0 Å². The zero-order valence-electron chi connectivity index (χ0n) is 10.6. The van der Waals surface area contributed by atoms with Gasteiger partial charge in [-0.3, -0.25) is 0 Å². The van der Waals surface area contributed by atoms with Crippen LogP contribution in [0.2, 0.25) is 0 Å². The van der Waals surface area contributed by atoms with E-state index >= 15 is 0 Å². The molecular formula is C14H18N2O2. The molecular weight excluding hydrogens is 228 g/mol. The van der Waals surface area contributed by atoms with Crippen LogP contribution in [-0.2, 0) is 11.2 Å². The molecule has 1 fully saturated rings. The average Bonchev–Trinajstić information content (AvgIpc) is 3.05. The second-order valence-corrected chi connectivity index (χ2v) is 4.93. The standard InChI is InChI=1S/C14H18N2O2/c1-18-14(17)11-3-2-10-5-7-16(13(10)8-11)12-4-6-15-9-12/h2-3,8,12,15H,4-7,9H2,1H3. The van der Waals surface area contributed by atoms with Crippen molar-refractivity contribution in [2.45, 2.75) is 18.9 Å². The zero-order valence-corrected chi connectivity index (χ0v) is 10.6. The summed E-state index contributed by atoms with van der Waals surface area (Å²) in [5.41, 5.74) is 3.20. The summed E-state index contributed by atoms with van der Waals surface area (Å²) < 4.78 is 4.79. The number of hydrogen-bond donors (Lipinski definition) is 1. The van der Waals surface area contributed by atoms with Crippen molar-refractivity contribution < 1.29 is 9.53 Å².